The molecular formula is C20H16FN3OS. The highest BCUT2D eigenvalue weighted by Gasteiger charge is 2.13. The van der Waals surface area contributed by atoms with E-state index in [1.54, 1.807) is 24.5 Å². The van der Waals surface area contributed by atoms with Crippen LogP contribution in [0.15, 0.2) is 54.9 Å². The van der Waals surface area contributed by atoms with E-state index < -0.39 is 0 Å². The van der Waals surface area contributed by atoms with Crippen molar-refractivity contribution in [3.63, 3.8) is 0 Å². The van der Waals surface area contributed by atoms with Crippen molar-refractivity contribution in [3.05, 3.63) is 71.8 Å². The third-order valence-corrected chi connectivity index (χ3v) is 5.16. The SMILES string of the molecule is Cc1ccc(Oc2ccnc3cc(-c4ccc(CN)cn4)sc23)c(F)c1. The van der Waals surface area contributed by atoms with Gasteiger partial charge in [0.2, 0.25) is 0 Å². The topological polar surface area (TPSA) is 61.0 Å². The summed E-state index contributed by atoms with van der Waals surface area (Å²) < 4.78 is 20.8. The van der Waals surface area contributed by atoms with Gasteiger partial charge in [-0.25, -0.2) is 4.39 Å². The second-order valence-corrected chi connectivity index (χ2v) is 6.98. The molecule has 0 spiro atoms. The van der Waals surface area contributed by atoms with E-state index in [9.17, 15) is 4.39 Å². The van der Waals surface area contributed by atoms with Crippen molar-refractivity contribution in [3.8, 4) is 22.1 Å². The van der Waals surface area contributed by atoms with E-state index in [4.69, 9.17) is 10.5 Å². The Kier molecular flexibility index (Phi) is 4.36. The Morgan fingerprint density at radius 3 is 2.69 bits per heavy atom. The summed E-state index contributed by atoms with van der Waals surface area (Å²) in [4.78, 5) is 9.81. The molecule has 0 amide bonds. The standard InChI is InChI=1S/C20H16FN3OS/c1-12-2-5-17(14(21)8-12)25-18-6-7-23-16-9-19(26-20(16)18)15-4-3-13(10-22)11-24-15/h2-9,11H,10,22H2,1H3. The van der Waals surface area contributed by atoms with E-state index in [1.165, 1.54) is 17.4 Å². The lowest BCUT2D eigenvalue weighted by Crippen LogP contribution is -1.96. The zero-order valence-electron chi connectivity index (χ0n) is 14.1. The molecule has 0 fully saturated rings. The molecule has 0 aliphatic carbocycles. The van der Waals surface area contributed by atoms with Gasteiger partial charge in [-0.3, -0.25) is 9.97 Å². The molecule has 0 aliphatic rings. The molecule has 1 aromatic carbocycles. The van der Waals surface area contributed by atoms with E-state index in [1.807, 2.05) is 31.2 Å². The first kappa shape index (κ1) is 16.6. The van der Waals surface area contributed by atoms with Crippen molar-refractivity contribution in [2.75, 3.05) is 0 Å². The average Bonchev–Trinajstić information content (AvgIpc) is 3.09. The Balaban J connectivity index is 1.73. The molecular weight excluding hydrogens is 349 g/mol. The number of hydrogen-bond acceptors (Lipinski definition) is 5. The van der Waals surface area contributed by atoms with Gasteiger partial charge in [0.05, 0.1) is 20.8 Å². The van der Waals surface area contributed by atoms with Gasteiger partial charge >= 0.3 is 0 Å². The van der Waals surface area contributed by atoms with Crippen molar-refractivity contribution in [2.45, 2.75) is 13.5 Å². The first-order valence-corrected chi connectivity index (χ1v) is 8.93. The smallest absolute Gasteiger partial charge is 0.165 e. The van der Waals surface area contributed by atoms with Gasteiger partial charge in [-0.2, -0.15) is 0 Å². The van der Waals surface area contributed by atoms with Gasteiger partial charge < -0.3 is 10.5 Å². The monoisotopic (exact) mass is 365 g/mol. The molecule has 0 unspecified atom stereocenters. The number of pyridine rings is 2. The highest BCUT2D eigenvalue weighted by atomic mass is 32.1. The van der Waals surface area contributed by atoms with Gasteiger partial charge in [0.1, 0.15) is 5.75 Å². The van der Waals surface area contributed by atoms with Gasteiger partial charge in [0, 0.05) is 25.0 Å². The molecule has 6 heteroatoms. The Morgan fingerprint density at radius 2 is 1.96 bits per heavy atom. The van der Waals surface area contributed by atoms with Crippen LogP contribution in [-0.4, -0.2) is 9.97 Å². The van der Waals surface area contributed by atoms with E-state index in [0.717, 1.165) is 31.9 Å². The maximum atomic E-state index is 14.1. The zero-order chi connectivity index (χ0) is 18.1. The third-order valence-electron chi connectivity index (χ3n) is 4.00. The van der Waals surface area contributed by atoms with Crippen LogP contribution in [-0.2, 0) is 6.54 Å². The molecule has 0 bridgehead atoms. The third kappa shape index (κ3) is 3.16. The lowest BCUT2D eigenvalue weighted by molar-refractivity contribution is 0.446. The van der Waals surface area contributed by atoms with E-state index in [-0.39, 0.29) is 11.6 Å². The normalized spacial score (nSPS) is 11.0. The number of aryl methyl sites for hydroxylation is 1. The molecule has 3 aromatic heterocycles. The Hall–Kier alpha value is -2.83. The van der Waals surface area contributed by atoms with Crippen LogP contribution in [0.2, 0.25) is 0 Å². The largest absolute Gasteiger partial charge is 0.453 e. The molecule has 3 heterocycles. The summed E-state index contributed by atoms with van der Waals surface area (Å²) in [6.07, 6.45) is 3.43. The number of aromatic nitrogens is 2. The molecule has 0 saturated carbocycles. The number of ether oxygens (including phenoxy) is 1. The number of nitrogens with zero attached hydrogens (tertiary/aromatic N) is 2. The average molecular weight is 365 g/mol. The Morgan fingerprint density at radius 1 is 1.08 bits per heavy atom. The summed E-state index contributed by atoms with van der Waals surface area (Å²) in [5.41, 5.74) is 9.08. The molecule has 4 nitrogen and oxygen atoms in total. The van der Waals surface area contributed by atoms with Gasteiger partial charge in [0.25, 0.3) is 0 Å². The molecule has 4 rings (SSSR count). The van der Waals surface area contributed by atoms with E-state index in [0.29, 0.717) is 12.3 Å². The highest BCUT2D eigenvalue weighted by molar-refractivity contribution is 7.22. The van der Waals surface area contributed by atoms with Crippen molar-refractivity contribution in [1.29, 1.82) is 0 Å². The van der Waals surface area contributed by atoms with Crippen LogP contribution in [0.5, 0.6) is 11.5 Å². The second-order valence-electron chi connectivity index (χ2n) is 5.93. The fourth-order valence-corrected chi connectivity index (χ4v) is 3.66. The Labute approximate surface area is 154 Å². The number of rotatable bonds is 4. The summed E-state index contributed by atoms with van der Waals surface area (Å²) in [5, 5.41) is 0. The summed E-state index contributed by atoms with van der Waals surface area (Å²) in [7, 11) is 0. The number of fused-ring (bicyclic) bond motifs is 1. The van der Waals surface area contributed by atoms with Crippen molar-refractivity contribution < 1.29 is 9.13 Å². The minimum absolute atomic E-state index is 0.198. The first-order chi connectivity index (χ1) is 12.6. The fraction of sp³-hybridized carbons (Fsp3) is 0.100. The van der Waals surface area contributed by atoms with Crippen molar-refractivity contribution in [1.82, 2.24) is 9.97 Å². The number of halogens is 1. The predicted molar refractivity (Wildman–Crippen MR) is 102 cm³/mol. The highest BCUT2D eigenvalue weighted by Crippen LogP contribution is 2.39. The first-order valence-electron chi connectivity index (χ1n) is 8.12. The predicted octanol–water partition coefficient (Wildman–Crippen LogP) is 5.06. The second kappa shape index (κ2) is 6.82. The zero-order valence-corrected chi connectivity index (χ0v) is 14.9. The lowest BCUT2D eigenvalue weighted by atomic mass is 10.2. The van der Waals surface area contributed by atoms with Crippen LogP contribution in [0.4, 0.5) is 4.39 Å². The number of hydrogen-bond donors (Lipinski definition) is 1. The fourth-order valence-electron chi connectivity index (χ4n) is 2.62. The van der Waals surface area contributed by atoms with Crippen LogP contribution in [0.1, 0.15) is 11.1 Å². The molecule has 4 aromatic rings. The van der Waals surface area contributed by atoms with Gasteiger partial charge in [0.15, 0.2) is 11.6 Å². The molecule has 26 heavy (non-hydrogen) atoms. The van der Waals surface area contributed by atoms with Crippen LogP contribution in [0.3, 0.4) is 0 Å². The van der Waals surface area contributed by atoms with E-state index >= 15 is 0 Å². The van der Waals surface area contributed by atoms with Gasteiger partial charge in [-0.05, 0) is 42.3 Å². The van der Waals surface area contributed by atoms with Crippen LogP contribution in [0, 0.1) is 12.7 Å². The number of nitrogens with two attached hydrogens (primary N) is 1. The summed E-state index contributed by atoms with van der Waals surface area (Å²) in [5.74, 6) is 0.391. The maximum Gasteiger partial charge on any atom is 0.165 e. The summed E-state index contributed by atoms with van der Waals surface area (Å²) >= 11 is 1.52. The summed E-state index contributed by atoms with van der Waals surface area (Å²) in [6, 6.07) is 12.5. The number of benzene rings is 1. The molecule has 0 aliphatic heterocycles. The van der Waals surface area contributed by atoms with Crippen LogP contribution < -0.4 is 10.5 Å². The minimum Gasteiger partial charge on any atom is -0.453 e. The lowest BCUT2D eigenvalue weighted by Gasteiger charge is -2.07. The molecule has 0 atom stereocenters. The van der Waals surface area contributed by atoms with Gasteiger partial charge in [-0.1, -0.05) is 12.1 Å². The minimum atomic E-state index is -0.384. The summed E-state index contributed by atoms with van der Waals surface area (Å²) in [6.45, 7) is 2.30. The van der Waals surface area contributed by atoms with E-state index in [2.05, 4.69) is 9.97 Å². The Bertz CT molecular complexity index is 1080. The van der Waals surface area contributed by atoms with Gasteiger partial charge in [-0.15, -0.1) is 11.3 Å². The molecule has 2 N–H and O–H groups in total. The van der Waals surface area contributed by atoms with Crippen molar-refractivity contribution >= 4 is 21.6 Å². The van der Waals surface area contributed by atoms with Crippen molar-refractivity contribution in [2.24, 2.45) is 5.73 Å². The molecule has 0 saturated heterocycles. The quantitative estimate of drug-likeness (QED) is 0.549. The number of thiophene rings is 1. The van der Waals surface area contributed by atoms with Crippen LogP contribution >= 0.6 is 11.3 Å². The van der Waals surface area contributed by atoms with Crippen LogP contribution in [0.25, 0.3) is 20.8 Å². The maximum absolute atomic E-state index is 14.1. The molecule has 0 radical (unpaired) electrons. The molecule has 130 valence electrons.